The number of aryl methyl sites for hydroxylation is 1. The summed E-state index contributed by atoms with van der Waals surface area (Å²) in [5, 5.41) is 6.85. The molecule has 0 aliphatic carbocycles. The number of methoxy groups -OCH3 is 2. The van der Waals surface area contributed by atoms with Gasteiger partial charge in [0.05, 0.1) is 46.5 Å². The van der Waals surface area contributed by atoms with Crippen molar-refractivity contribution in [2.24, 2.45) is 7.05 Å². The topological polar surface area (TPSA) is 90.3 Å². The molecular weight excluding hydrogens is 453 g/mol. The van der Waals surface area contributed by atoms with E-state index in [0.29, 0.717) is 55.7 Å². The highest BCUT2D eigenvalue weighted by Gasteiger charge is 2.19. The number of imidazole rings is 1. The quantitative estimate of drug-likeness (QED) is 0.397. The van der Waals surface area contributed by atoms with Crippen LogP contribution in [-0.2, 0) is 7.05 Å². The van der Waals surface area contributed by atoms with Crippen molar-refractivity contribution in [1.29, 1.82) is 0 Å². The molecule has 2 aromatic carbocycles. The van der Waals surface area contributed by atoms with Gasteiger partial charge in [-0.2, -0.15) is 4.98 Å². The Bertz CT molecular complexity index is 1300. The number of nitrogens with zero attached hydrogens (tertiary/aromatic N) is 3. The number of fused-ring (bicyclic) bond motifs is 1. The van der Waals surface area contributed by atoms with E-state index in [9.17, 15) is 4.79 Å². The zero-order chi connectivity index (χ0) is 22.8. The average molecular weight is 472 g/mol. The van der Waals surface area contributed by atoms with Gasteiger partial charge in [0.25, 0.3) is 5.91 Å². The van der Waals surface area contributed by atoms with Crippen LogP contribution in [0.3, 0.4) is 0 Å². The van der Waals surface area contributed by atoms with Gasteiger partial charge in [0.2, 0.25) is 11.8 Å². The Morgan fingerprint density at radius 1 is 1.00 bits per heavy atom. The number of aromatic nitrogens is 3. The van der Waals surface area contributed by atoms with E-state index < -0.39 is 0 Å². The number of hydrogen-bond donors (Lipinski definition) is 2. The number of pyridine rings is 1. The summed E-state index contributed by atoms with van der Waals surface area (Å²) >= 11 is 12.5. The van der Waals surface area contributed by atoms with Crippen LogP contribution in [0.5, 0.6) is 11.6 Å². The monoisotopic (exact) mass is 471 g/mol. The number of para-hydroxylation sites is 1. The third-order valence-corrected chi connectivity index (χ3v) is 5.45. The Balaban J connectivity index is 1.71. The molecule has 32 heavy (non-hydrogen) atoms. The number of halogens is 2. The summed E-state index contributed by atoms with van der Waals surface area (Å²) in [4.78, 5) is 21.8. The van der Waals surface area contributed by atoms with E-state index in [1.54, 1.807) is 53.1 Å². The van der Waals surface area contributed by atoms with Crippen molar-refractivity contribution >= 4 is 57.6 Å². The molecule has 2 aromatic heterocycles. The van der Waals surface area contributed by atoms with Crippen molar-refractivity contribution in [2.45, 2.75) is 0 Å². The van der Waals surface area contributed by atoms with Gasteiger partial charge < -0.3 is 24.7 Å². The standard InChI is InChI=1S/C22H19Cl2N5O3/c1-29-16-10-12(21(30)27-18-8-5-9-19(26-18)32-3)17(31-2)11-15(16)25-22(29)28-20-13(23)6-4-7-14(20)24/h4-11H,1-3H3,(H,25,28)(H,26,27,30). The van der Waals surface area contributed by atoms with Crippen molar-refractivity contribution in [3.8, 4) is 11.6 Å². The van der Waals surface area contributed by atoms with Gasteiger partial charge in [0.1, 0.15) is 11.6 Å². The molecule has 0 atom stereocenters. The van der Waals surface area contributed by atoms with E-state index in [0.717, 1.165) is 0 Å². The van der Waals surface area contributed by atoms with Crippen LogP contribution in [0.4, 0.5) is 17.5 Å². The molecule has 1 amide bonds. The Kier molecular flexibility index (Phi) is 6.07. The molecule has 4 rings (SSSR count). The summed E-state index contributed by atoms with van der Waals surface area (Å²) in [6.07, 6.45) is 0. The van der Waals surface area contributed by atoms with E-state index in [4.69, 9.17) is 32.7 Å². The molecule has 164 valence electrons. The van der Waals surface area contributed by atoms with E-state index in [1.165, 1.54) is 14.2 Å². The smallest absolute Gasteiger partial charge is 0.260 e. The lowest BCUT2D eigenvalue weighted by molar-refractivity contribution is 0.102. The van der Waals surface area contributed by atoms with E-state index >= 15 is 0 Å². The summed E-state index contributed by atoms with van der Waals surface area (Å²) in [5.74, 6) is 1.25. The molecule has 0 radical (unpaired) electrons. The number of anilines is 3. The third-order valence-electron chi connectivity index (χ3n) is 4.82. The molecule has 2 N–H and O–H groups in total. The molecule has 0 spiro atoms. The molecule has 0 aliphatic rings. The molecule has 2 heterocycles. The second kappa shape index (κ2) is 8.94. The van der Waals surface area contributed by atoms with E-state index in [2.05, 4.69) is 20.6 Å². The molecule has 4 aromatic rings. The highest BCUT2D eigenvalue weighted by Crippen LogP contribution is 2.34. The number of ether oxygens (including phenoxy) is 2. The van der Waals surface area contributed by atoms with Crippen LogP contribution in [-0.4, -0.2) is 34.7 Å². The maximum Gasteiger partial charge on any atom is 0.260 e. The highest BCUT2D eigenvalue weighted by molar-refractivity contribution is 6.39. The molecule has 8 nitrogen and oxygen atoms in total. The summed E-state index contributed by atoms with van der Waals surface area (Å²) in [5.41, 5.74) is 2.21. The minimum Gasteiger partial charge on any atom is -0.496 e. The summed E-state index contributed by atoms with van der Waals surface area (Å²) in [6.45, 7) is 0. The first-order valence-electron chi connectivity index (χ1n) is 9.49. The van der Waals surface area contributed by atoms with Gasteiger partial charge in [-0.1, -0.05) is 35.3 Å². The maximum absolute atomic E-state index is 13.0. The zero-order valence-electron chi connectivity index (χ0n) is 17.4. The number of amides is 1. The minimum atomic E-state index is -0.380. The van der Waals surface area contributed by atoms with Crippen molar-refractivity contribution in [3.05, 3.63) is 64.1 Å². The first-order chi connectivity index (χ1) is 15.4. The van der Waals surface area contributed by atoms with Crippen LogP contribution in [0, 0.1) is 0 Å². The highest BCUT2D eigenvalue weighted by atomic mass is 35.5. The van der Waals surface area contributed by atoms with E-state index in [-0.39, 0.29) is 5.91 Å². The zero-order valence-corrected chi connectivity index (χ0v) is 19.0. The van der Waals surface area contributed by atoms with Crippen molar-refractivity contribution in [2.75, 3.05) is 24.9 Å². The lowest BCUT2D eigenvalue weighted by Gasteiger charge is -2.11. The predicted molar refractivity (Wildman–Crippen MR) is 126 cm³/mol. The fourth-order valence-electron chi connectivity index (χ4n) is 3.19. The van der Waals surface area contributed by atoms with Gasteiger partial charge >= 0.3 is 0 Å². The fraction of sp³-hybridized carbons (Fsp3) is 0.136. The van der Waals surface area contributed by atoms with Crippen LogP contribution >= 0.6 is 23.2 Å². The summed E-state index contributed by atoms with van der Waals surface area (Å²) in [6, 6.07) is 13.7. The molecule has 0 unspecified atom stereocenters. The van der Waals surface area contributed by atoms with Crippen molar-refractivity contribution in [3.63, 3.8) is 0 Å². The lowest BCUT2D eigenvalue weighted by atomic mass is 10.1. The number of carbonyl (C=O) groups is 1. The van der Waals surface area contributed by atoms with E-state index in [1.807, 2.05) is 7.05 Å². The minimum absolute atomic E-state index is 0.329. The van der Waals surface area contributed by atoms with Gasteiger partial charge in [-0.05, 0) is 24.3 Å². The summed E-state index contributed by atoms with van der Waals surface area (Å²) < 4.78 is 12.3. The number of carbonyl (C=O) groups excluding carboxylic acids is 1. The molecular formula is C22H19Cl2N5O3. The predicted octanol–water partition coefficient (Wildman–Crippen LogP) is 5.29. The van der Waals surface area contributed by atoms with Crippen molar-refractivity contribution in [1.82, 2.24) is 14.5 Å². The molecule has 10 heteroatoms. The second-order valence-corrected chi connectivity index (χ2v) is 7.59. The number of rotatable bonds is 6. The van der Waals surface area contributed by atoms with Gasteiger partial charge in [-0.25, -0.2) is 4.98 Å². The first-order valence-corrected chi connectivity index (χ1v) is 10.2. The number of hydrogen-bond acceptors (Lipinski definition) is 6. The third kappa shape index (κ3) is 4.15. The molecule has 0 saturated heterocycles. The average Bonchev–Trinajstić information content (AvgIpc) is 3.10. The maximum atomic E-state index is 13.0. The Morgan fingerprint density at radius 2 is 1.72 bits per heavy atom. The van der Waals surface area contributed by atoms with Gasteiger partial charge in [-0.3, -0.25) is 4.79 Å². The van der Waals surface area contributed by atoms with Gasteiger partial charge in [0.15, 0.2) is 0 Å². The van der Waals surface area contributed by atoms with Crippen LogP contribution in [0.25, 0.3) is 11.0 Å². The number of benzene rings is 2. The molecule has 0 saturated carbocycles. The van der Waals surface area contributed by atoms with Crippen LogP contribution < -0.4 is 20.1 Å². The lowest BCUT2D eigenvalue weighted by Crippen LogP contribution is -2.14. The fourth-order valence-corrected chi connectivity index (χ4v) is 3.68. The van der Waals surface area contributed by atoms with Crippen molar-refractivity contribution < 1.29 is 14.3 Å². The Labute approximate surface area is 194 Å². The SMILES string of the molecule is COc1cccc(NC(=O)c2cc3c(cc2OC)nc(Nc2c(Cl)cccc2Cl)n3C)n1. The Morgan fingerprint density at radius 3 is 2.41 bits per heavy atom. The Hall–Kier alpha value is -3.49. The molecule has 0 fully saturated rings. The first kappa shape index (κ1) is 21.7. The largest absolute Gasteiger partial charge is 0.496 e. The second-order valence-electron chi connectivity index (χ2n) is 6.78. The normalized spacial score (nSPS) is 10.8. The van der Waals surface area contributed by atoms with Crippen LogP contribution in [0.1, 0.15) is 10.4 Å². The molecule has 0 aliphatic heterocycles. The number of nitrogens with one attached hydrogen (secondary N) is 2. The molecule has 0 bridgehead atoms. The van der Waals surface area contributed by atoms with Gasteiger partial charge in [-0.15, -0.1) is 0 Å². The van der Waals surface area contributed by atoms with Gasteiger partial charge in [0, 0.05) is 19.2 Å². The summed E-state index contributed by atoms with van der Waals surface area (Å²) in [7, 11) is 4.82. The van der Waals surface area contributed by atoms with Crippen LogP contribution in [0.15, 0.2) is 48.5 Å². The van der Waals surface area contributed by atoms with Crippen LogP contribution in [0.2, 0.25) is 10.0 Å².